The summed E-state index contributed by atoms with van der Waals surface area (Å²) in [6.07, 6.45) is 7.27. The maximum atomic E-state index is 12.3. The van der Waals surface area contributed by atoms with Gasteiger partial charge in [-0.1, -0.05) is 6.42 Å². The van der Waals surface area contributed by atoms with Crippen LogP contribution >= 0.6 is 0 Å². The Kier molecular flexibility index (Phi) is 3.77. The molecule has 2 bridgehead atoms. The average molecular weight is 272 g/mol. The van der Waals surface area contributed by atoms with Crippen LogP contribution in [0.2, 0.25) is 0 Å². The predicted octanol–water partition coefficient (Wildman–Crippen LogP) is 3.47. The van der Waals surface area contributed by atoms with Gasteiger partial charge in [-0.3, -0.25) is 9.78 Å². The van der Waals surface area contributed by atoms with Crippen LogP contribution in [-0.2, 0) is 0 Å². The molecule has 0 aliphatic heterocycles. The van der Waals surface area contributed by atoms with Crippen molar-refractivity contribution in [1.82, 2.24) is 9.88 Å². The molecule has 108 valence electrons. The van der Waals surface area contributed by atoms with E-state index < -0.39 is 0 Å². The molecule has 2 saturated carbocycles. The number of carbonyl (C=O) groups excluding carboxylic acids is 1. The van der Waals surface area contributed by atoms with Gasteiger partial charge in [0.2, 0.25) is 0 Å². The van der Waals surface area contributed by atoms with E-state index in [0.717, 1.165) is 30.5 Å². The number of nitrogens with zero attached hydrogens (tertiary/aromatic N) is 2. The molecule has 0 aromatic carbocycles. The van der Waals surface area contributed by atoms with Crippen LogP contribution < -0.4 is 0 Å². The summed E-state index contributed by atoms with van der Waals surface area (Å²) in [6, 6.07) is 4.05. The lowest BCUT2D eigenvalue weighted by Gasteiger charge is -2.22. The van der Waals surface area contributed by atoms with Crippen molar-refractivity contribution in [3.63, 3.8) is 0 Å². The van der Waals surface area contributed by atoms with Crippen molar-refractivity contribution in [1.29, 1.82) is 0 Å². The molecule has 20 heavy (non-hydrogen) atoms. The molecule has 2 fully saturated rings. The van der Waals surface area contributed by atoms with E-state index in [-0.39, 0.29) is 5.91 Å². The highest BCUT2D eigenvalue weighted by molar-refractivity contribution is 5.93. The van der Waals surface area contributed by atoms with Crippen LogP contribution in [0.5, 0.6) is 0 Å². The molecule has 0 radical (unpaired) electrons. The Balaban J connectivity index is 1.73. The van der Waals surface area contributed by atoms with Crippen molar-refractivity contribution in [2.75, 3.05) is 13.1 Å². The van der Waals surface area contributed by atoms with Crippen molar-refractivity contribution >= 4 is 5.91 Å². The van der Waals surface area contributed by atoms with Crippen molar-refractivity contribution in [3.05, 3.63) is 29.6 Å². The number of carbonyl (C=O) groups is 1. The summed E-state index contributed by atoms with van der Waals surface area (Å²) < 4.78 is 0. The first-order valence-corrected chi connectivity index (χ1v) is 7.98. The number of rotatable bonds is 4. The third-order valence-electron chi connectivity index (χ3n) is 5.20. The Hall–Kier alpha value is -1.38. The minimum absolute atomic E-state index is 0.0991. The molecule has 3 heteroatoms. The topological polar surface area (TPSA) is 33.2 Å². The van der Waals surface area contributed by atoms with Crippen LogP contribution in [0.1, 0.15) is 61.5 Å². The van der Waals surface area contributed by atoms with E-state index in [1.165, 1.54) is 31.4 Å². The van der Waals surface area contributed by atoms with Crippen molar-refractivity contribution in [3.8, 4) is 0 Å². The highest BCUT2D eigenvalue weighted by Gasteiger charge is 2.40. The first kappa shape index (κ1) is 13.6. The van der Waals surface area contributed by atoms with Crippen LogP contribution in [-0.4, -0.2) is 28.9 Å². The van der Waals surface area contributed by atoms with Crippen LogP contribution in [0.3, 0.4) is 0 Å². The number of amides is 1. The fourth-order valence-electron chi connectivity index (χ4n) is 4.05. The molecular weight excluding hydrogens is 248 g/mol. The van der Waals surface area contributed by atoms with Gasteiger partial charge in [0.05, 0.1) is 5.56 Å². The summed E-state index contributed by atoms with van der Waals surface area (Å²) in [6.45, 7) is 5.53. The second-order valence-electron chi connectivity index (χ2n) is 6.23. The largest absolute Gasteiger partial charge is 0.339 e. The van der Waals surface area contributed by atoms with Gasteiger partial charge in [-0.2, -0.15) is 0 Å². The first-order chi connectivity index (χ1) is 9.72. The molecule has 2 unspecified atom stereocenters. The molecule has 3 rings (SSSR count). The van der Waals surface area contributed by atoms with Crippen LogP contribution in [0.25, 0.3) is 0 Å². The summed E-state index contributed by atoms with van der Waals surface area (Å²) in [7, 11) is 0. The molecule has 3 nitrogen and oxygen atoms in total. The maximum Gasteiger partial charge on any atom is 0.255 e. The van der Waals surface area contributed by atoms with Gasteiger partial charge in [-0.15, -0.1) is 0 Å². The van der Waals surface area contributed by atoms with E-state index in [4.69, 9.17) is 0 Å². The lowest BCUT2D eigenvalue weighted by atomic mass is 9.86. The van der Waals surface area contributed by atoms with Crippen LogP contribution in [0, 0.1) is 11.8 Å². The summed E-state index contributed by atoms with van der Waals surface area (Å²) in [5.74, 6) is 2.52. The quantitative estimate of drug-likeness (QED) is 0.841. The van der Waals surface area contributed by atoms with E-state index in [2.05, 4.69) is 11.1 Å². The number of aromatic nitrogens is 1. The zero-order valence-corrected chi connectivity index (χ0v) is 12.5. The zero-order valence-electron chi connectivity index (χ0n) is 12.5. The predicted molar refractivity (Wildman–Crippen MR) is 79.7 cm³/mol. The van der Waals surface area contributed by atoms with Gasteiger partial charge in [0, 0.05) is 30.9 Å². The van der Waals surface area contributed by atoms with Crippen molar-refractivity contribution in [2.45, 2.75) is 45.4 Å². The molecule has 0 saturated heterocycles. The fourth-order valence-corrected chi connectivity index (χ4v) is 4.05. The second-order valence-corrected chi connectivity index (χ2v) is 6.23. The Morgan fingerprint density at radius 1 is 1.25 bits per heavy atom. The molecule has 0 spiro atoms. The van der Waals surface area contributed by atoms with E-state index in [1.54, 1.807) is 6.20 Å². The molecule has 3 atom stereocenters. The number of fused-ring (bicyclic) bond motifs is 2. The van der Waals surface area contributed by atoms with Gasteiger partial charge in [-0.05, 0) is 57.1 Å². The fraction of sp³-hybridized carbons (Fsp3) is 0.647. The van der Waals surface area contributed by atoms with Gasteiger partial charge < -0.3 is 4.90 Å². The summed E-state index contributed by atoms with van der Waals surface area (Å²) in [4.78, 5) is 18.7. The van der Waals surface area contributed by atoms with Crippen LogP contribution in [0.4, 0.5) is 0 Å². The Labute approximate surface area is 121 Å². The minimum Gasteiger partial charge on any atom is -0.339 e. The summed E-state index contributed by atoms with van der Waals surface area (Å²) >= 11 is 0. The third kappa shape index (κ3) is 2.34. The number of pyridine rings is 1. The zero-order chi connectivity index (χ0) is 14.1. The molecule has 1 aromatic heterocycles. The van der Waals surface area contributed by atoms with Gasteiger partial charge >= 0.3 is 0 Å². The first-order valence-electron chi connectivity index (χ1n) is 7.98. The molecule has 0 N–H and O–H groups in total. The van der Waals surface area contributed by atoms with Gasteiger partial charge in [-0.25, -0.2) is 0 Å². The number of hydrogen-bond acceptors (Lipinski definition) is 2. The second kappa shape index (κ2) is 5.55. The molecule has 2 aliphatic carbocycles. The summed E-state index contributed by atoms with van der Waals surface area (Å²) in [5.41, 5.74) is 1.92. The SMILES string of the molecule is CCN(CC)C(=O)c1ccc(C2CC3CC[C@H]2C3)nc1. The molecule has 2 aliphatic rings. The van der Waals surface area contributed by atoms with Crippen LogP contribution in [0.15, 0.2) is 18.3 Å². The monoisotopic (exact) mass is 272 g/mol. The Bertz CT molecular complexity index is 478. The number of hydrogen-bond donors (Lipinski definition) is 0. The lowest BCUT2D eigenvalue weighted by molar-refractivity contribution is 0.0772. The third-order valence-corrected chi connectivity index (χ3v) is 5.20. The molecule has 1 aromatic rings. The standard InChI is InChI=1S/C17H24N2O/c1-3-19(4-2)17(20)14-7-8-16(18-11-14)15-10-12-5-6-13(15)9-12/h7-8,11-13,15H,3-6,9-10H2,1-2H3/t12?,13-,15?/m0/s1. The molecule has 1 heterocycles. The van der Waals surface area contributed by atoms with Gasteiger partial charge in [0.15, 0.2) is 0 Å². The normalized spacial score (nSPS) is 27.8. The smallest absolute Gasteiger partial charge is 0.255 e. The van der Waals surface area contributed by atoms with Crippen molar-refractivity contribution < 1.29 is 4.79 Å². The van der Waals surface area contributed by atoms with E-state index in [9.17, 15) is 4.79 Å². The summed E-state index contributed by atoms with van der Waals surface area (Å²) in [5, 5.41) is 0. The van der Waals surface area contributed by atoms with E-state index >= 15 is 0 Å². The van der Waals surface area contributed by atoms with E-state index in [1.807, 2.05) is 24.8 Å². The average Bonchev–Trinajstić information content (AvgIpc) is 3.11. The van der Waals surface area contributed by atoms with Gasteiger partial charge in [0.25, 0.3) is 5.91 Å². The Morgan fingerprint density at radius 2 is 2.05 bits per heavy atom. The minimum atomic E-state index is 0.0991. The highest BCUT2D eigenvalue weighted by Crippen LogP contribution is 2.52. The van der Waals surface area contributed by atoms with Crippen molar-refractivity contribution in [2.24, 2.45) is 11.8 Å². The van der Waals surface area contributed by atoms with Gasteiger partial charge in [0.1, 0.15) is 0 Å². The lowest BCUT2D eigenvalue weighted by Crippen LogP contribution is -2.30. The van der Waals surface area contributed by atoms with E-state index in [0.29, 0.717) is 5.92 Å². The maximum absolute atomic E-state index is 12.3. The Morgan fingerprint density at radius 3 is 2.55 bits per heavy atom. The highest BCUT2D eigenvalue weighted by atomic mass is 16.2. The molecular formula is C17H24N2O. The molecule has 1 amide bonds.